The van der Waals surface area contributed by atoms with Gasteiger partial charge in [0.05, 0.1) is 7.11 Å². The van der Waals surface area contributed by atoms with Gasteiger partial charge in [-0.15, -0.1) is 0 Å². The molecule has 0 aliphatic heterocycles. The second-order valence-electron chi connectivity index (χ2n) is 8.29. The van der Waals surface area contributed by atoms with Gasteiger partial charge < -0.3 is 14.5 Å². The Kier molecular flexibility index (Phi) is 7.18. The van der Waals surface area contributed by atoms with Gasteiger partial charge in [-0.3, -0.25) is 4.79 Å². The van der Waals surface area contributed by atoms with Crippen molar-refractivity contribution in [2.24, 2.45) is 0 Å². The van der Waals surface area contributed by atoms with Gasteiger partial charge in [0, 0.05) is 12.8 Å². The minimum absolute atomic E-state index is 0.179. The van der Waals surface area contributed by atoms with E-state index < -0.39 is 17.9 Å². The summed E-state index contributed by atoms with van der Waals surface area (Å²) in [7, 11) is 1.31. The maximum Gasteiger partial charge on any atom is 0.328 e. The zero-order valence-corrected chi connectivity index (χ0v) is 19.7. The second kappa shape index (κ2) is 9.86. The van der Waals surface area contributed by atoms with E-state index in [0.29, 0.717) is 18.6 Å². The first-order chi connectivity index (χ1) is 15.2. The van der Waals surface area contributed by atoms with Gasteiger partial charge in [0.2, 0.25) is 0 Å². The molecule has 0 spiro atoms. The molecule has 5 heteroatoms. The van der Waals surface area contributed by atoms with Gasteiger partial charge in [-0.05, 0) is 85.7 Å². The highest BCUT2D eigenvalue weighted by Gasteiger charge is 2.24. The minimum atomic E-state index is -0.796. The molecular formula is C27H31NO4. The molecule has 1 heterocycles. The molecule has 3 aromatic rings. The standard InChI is InChI=1S/C27H31NO4/c1-16-17(2)19(4)23(20(5)18(16)3)15-22-12-13-25(32-22)26(29)28-24(27(30)31-6)14-21-10-8-7-9-11-21/h7-13,24H,14-15H2,1-6H3,(H,28,29). The first kappa shape index (κ1) is 23.3. The highest BCUT2D eigenvalue weighted by molar-refractivity contribution is 5.94. The predicted molar refractivity (Wildman–Crippen MR) is 125 cm³/mol. The van der Waals surface area contributed by atoms with E-state index in [1.54, 1.807) is 6.07 Å². The van der Waals surface area contributed by atoms with Crippen LogP contribution in [0.1, 0.15) is 55.3 Å². The first-order valence-corrected chi connectivity index (χ1v) is 10.8. The van der Waals surface area contributed by atoms with Gasteiger partial charge in [-0.25, -0.2) is 4.79 Å². The summed E-state index contributed by atoms with van der Waals surface area (Å²) in [6, 6.07) is 12.2. The zero-order valence-electron chi connectivity index (χ0n) is 19.7. The topological polar surface area (TPSA) is 68.5 Å². The lowest BCUT2D eigenvalue weighted by atomic mass is 9.88. The van der Waals surface area contributed by atoms with Gasteiger partial charge in [0.25, 0.3) is 5.91 Å². The quantitative estimate of drug-likeness (QED) is 0.537. The van der Waals surface area contributed by atoms with Crippen LogP contribution in [0.2, 0.25) is 0 Å². The molecule has 2 aromatic carbocycles. The summed E-state index contributed by atoms with van der Waals surface area (Å²) in [5.41, 5.74) is 8.55. The molecule has 5 nitrogen and oxygen atoms in total. The Morgan fingerprint density at radius 1 is 0.875 bits per heavy atom. The fourth-order valence-electron chi connectivity index (χ4n) is 4.03. The van der Waals surface area contributed by atoms with Gasteiger partial charge in [-0.2, -0.15) is 0 Å². The summed E-state index contributed by atoms with van der Waals surface area (Å²) in [5, 5.41) is 2.75. The van der Waals surface area contributed by atoms with Crippen molar-refractivity contribution in [2.45, 2.75) is 53.5 Å². The van der Waals surface area contributed by atoms with Gasteiger partial charge in [0.15, 0.2) is 5.76 Å². The number of nitrogens with one attached hydrogen (secondary N) is 1. The molecular weight excluding hydrogens is 402 g/mol. The Morgan fingerprint density at radius 3 is 2.06 bits per heavy atom. The van der Waals surface area contributed by atoms with E-state index in [1.165, 1.54) is 40.5 Å². The largest absolute Gasteiger partial charge is 0.467 e. The maximum atomic E-state index is 12.8. The molecule has 1 unspecified atom stereocenters. The lowest BCUT2D eigenvalue weighted by Crippen LogP contribution is -2.43. The highest BCUT2D eigenvalue weighted by atomic mass is 16.5. The van der Waals surface area contributed by atoms with Crippen molar-refractivity contribution in [3.05, 3.63) is 92.9 Å². The second-order valence-corrected chi connectivity index (χ2v) is 8.29. The molecule has 0 fully saturated rings. The third-order valence-corrected chi connectivity index (χ3v) is 6.47. The number of hydrogen-bond donors (Lipinski definition) is 1. The van der Waals surface area contributed by atoms with E-state index in [4.69, 9.17) is 9.15 Å². The molecule has 0 radical (unpaired) electrons. The number of benzene rings is 2. The van der Waals surface area contributed by atoms with Crippen LogP contribution in [0.4, 0.5) is 0 Å². The average molecular weight is 434 g/mol. The van der Waals surface area contributed by atoms with Crippen molar-refractivity contribution >= 4 is 11.9 Å². The molecule has 0 saturated carbocycles. The average Bonchev–Trinajstić information content (AvgIpc) is 3.28. The molecule has 168 valence electrons. The SMILES string of the molecule is COC(=O)C(Cc1ccccc1)NC(=O)c1ccc(Cc2c(C)c(C)c(C)c(C)c2C)o1. The Labute approximate surface area is 189 Å². The summed E-state index contributed by atoms with van der Waals surface area (Å²) >= 11 is 0. The van der Waals surface area contributed by atoms with E-state index in [9.17, 15) is 9.59 Å². The molecule has 1 amide bonds. The van der Waals surface area contributed by atoms with Gasteiger partial charge in [-0.1, -0.05) is 30.3 Å². The van der Waals surface area contributed by atoms with E-state index in [-0.39, 0.29) is 5.76 Å². The predicted octanol–water partition coefficient (Wildman–Crippen LogP) is 4.93. The lowest BCUT2D eigenvalue weighted by molar-refractivity contribution is -0.142. The first-order valence-electron chi connectivity index (χ1n) is 10.8. The molecule has 0 aliphatic rings. The van der Waals surface area contributed by atoms with Crippen molar-refractivity contribution in [3.8, 4) is 0 Å². The van der Waals surface area contributed by atoms with Gasteiger partial charge >= 0.3 is 5.97 Å². The minimum Gasteiger partial charge on any atom is -0.467 e. The summed E-state index contributed by atoms with van der Waals surface area (Å²) in [4.78, 5) is 25.0. The third kappa shape index (κ3) is 4.93. The van der Waals surface area contributed by atoms with Crippen molar-refractivity contribution < 1.29 is 18.7 Å². The highest BCUT2D eigenvalue weighted by Crippen LogP contribution is 2.28. The fourth-order valence-corrected chi connectivity index (χ4v) is 4.03. The number of amides is 1. The number of hydrogen-bond acceptors (Lipinski definition) is 4. The van der Waals surface area contributed by atoms with Crippen LogP contribution in [0.3, 0.4) is 0 Å². The van der Waals surface area contributed by atoms with Crippen molar-refractivity contribution in [1.29, 1.82) is 0 Å². The van der Waals surface area contributed by atoms with Crippen molar-refractivity contribution in [1.82, 2.24) is 5.32 Å². The van der Waals surface area contributed by atoms with Crippen LogP contribution < -0.4 is 5.32 Å². The molecule has 3 rings (SSSR count). The summed E-state index contributed by atoms with van der Waals surface area (Å²) in [6.07, 6.45) is 0.949. The summed E-state index contributed by atoms with van der Waals surface area (Å²) < 4.78 is 10.7. The van der Waals surface area contributed by atoms with Crippen LogP contribution in [0, 0.1) is 34.6 Å². The molecule has 0 bridgehead atoms. The number of carbonyl (C=O) groups excluding carboxylic acids is 2. The fraction of sp³-hybridized carbons (Fsp3) is 0.333. The van der Waals surface area contributed by atoms with Crippen LogP contribution in [0.25, 0.3) is 0 Å². The lowest BCUT2D eigenvalue weighted by Gasteiger charge is -2.18. The van der Waals surface area contributed by atoms with E-state index in [2.05, 4.69) is 39.9 Å². The van der Waals surface area contributed by atoms with Crippen LogP contribution in [0.5, 0.6) is 0 Å². The van der Waals surface area contributed by atoms with Crippen molar-refractivity contribution in [2.75, 3.05) is 7.11 Å². The van der Waals surface area contributed by atoms with Crippen LogP contribution in [-0.4, -0.2) is 25.0 Å². The third-order valence-electron chi connectivity index (χ3n) is 6.47. The number of furan rings is 1. The van der Waals surface area contributed by atoms with Crippen LogP contribution in [-0.2, 0) is 22.4 Å². The number of methoxy groups -OCH3 is 1. The number of esters is 1. The smallest absolute Gasteiger partial charge is 0.328 e. The van der Waals surface area contributed by atoms with Crippen LogP contribution in [0.15, 0.2) is 46.9 Å². The summed E-state index contributed by atoms with van der Waals surface area (Å²) in [6.45, 7) is 10.7. The summed E-state index contributed by atoms with van der Waals surface area (Å²) in [5.74, 6) is -0.0439. The molecule has 1 atom stereocenters. The monoisotopic (exact) mass is 433 g/mol. The Morgan fingerprint density at radius 2 is 1.47 bits per heavy atom. The Hall–Kier alpha value is -3.34. The molecule has 0 saturated heterocycles. The number of rotatable bonds is 7. The van der Waals surface area contributed by atoms with Crippen molar-refractivity contribution in [3.63, 3.8) is 0 Å². The maximum absolute atomic E-state index is 12.8. The Bertz CT molecular complexity index is 1100. The number of carbonyl (C=O) groups is 2. The normalized spacial score (nSPS) is 11.8. The molecule has 1 N–H and O–H groups in total. The Balaban J connectivity index is 1.77. The van der Waals surface area contributed by atoms with Gasteiger partial charge in [0.1, 0.15) is 11.8 Å². The molecule has 0 aliphatic carbocycles. The van der Waals surface area contributed by atoms with E-state index in [1.807, 2.05) is 36.4 Å². The zero-order chi connectivity index (χ0) is 23.4. The van der Waals surface area contributed by atoms with E-state index >= 15 is 0 Å². The number of ether oxygens (including phenoxy) is 1. The molecule has 1 aromatic heterocycles. The molecule has 32 heavy (non-hydrogen) atoms. The van der Waals surface area contributed by atoms with E-state index in [0.717, 1.165) is 5.56 Å². The van der Waals surface area contributed by atoms with Crippen LogP contribution >= 0.6 is 0 Å².